The summed E-state index contributed by atoms with van der Waals surface area (Å²) in [6.07, 6.45) is 0. The van der Waals surface area contributed by atoms with Gasteiger partial charge in [0, 0.05) is 33.0 Å². The normalized spacial score (nSPS) is 11.7. The minimum Gasteiger partial charge on any atom is -0.451 e. The number of hydrogen-bond donors (Lipinski definition) is 1. The zero-order valence-electron chi connectivity index (χ0n) is 22.1. The fraction of sp³-hybridized carbons (Fsp3) is 0.276. The quantitative estimate of drug-likeness (QED) is 0.190. The zero-order valence-corrected chi connectivity index (χ0v) is 26.1. The number of hydrogen-bond acceptors (Lipinski definition) is 5. The van der Waals surface area contributed by atoms with Crippen LogP contribution in [0.25, 0.3) is 11.0 Å². The van der Waals surface area contributed by atoms with E-state index in [1.54, 1.807) is 42.5 Å². The SMILES string of the molecule is CCN(CC)CCNC(=O)c1oc2ccc(N(Cc3ccc(Br)cc3)S(=O)(=O)c3ccc(Br)cc3)cc2c1C. The summed E-state index contributed by atoms with van der Waals surface area (Å²) in [5.74, 6) is -0.0523. The molecule has 0 fully saturated rings. The van der Waals surface area contributed by atoms with Crippen molar-refractivity contribution in [1.29, 1.82) is 0 Å². The van der Waals surface area contributed by atoms with Crippen LogP contribution < -0.4 is 9.62 Å². The van der Waals surface area contributed by atoms with Crippen molar-refractivity contribution in [3.05, 3.63) is 92.6 Å². The highest BCUT2D eigenvalue weighted by Crippen LogP contribution is 2.33. The number of sulfonamides is 1. The monoisotopic (exact) mass is 675 g/mol. The van der Waals surface area contributed by atoms with Crippen LogP contribution in [0.3, 0.4) is 0 Å². The lowest BCUT2D eigenvalue weighted by Gasteiger charge is -2.25. The third kappa shape index (κ3) is 6.74. The highest BCUT2D eigenvalue weighted by Gasteiger charge is 2.27. The Balaban J connectivity index is 1.69. The van der Waals surface area contributed by atoms with Crippen molar-refractivity contribution in [2.75, 3.05) is 30.5 Å². The molecule has 0 aliphatic rings. The molecule has 0 saturated carbocycles. The third-order valence-corrected chi connectivity index (χ3v) is 9.51. The van der Waals surface area contributed by atoms with Gasteiger partial charge in [0.2, 0.25) is 0 Å². The lowest BCUT2D eigenvalue weighted by atomic mass is 10.1. The van der Waals surface area contributed by atoms with Crippen LogP contribution >= 0.6 is 31.9 Å². The maximum atomic E-state index is 13.9. The number of furan rings is 1. The van der Waals surface area contributed by atoms with Gasteiger partial charge in [0.1, 0.15) is 5.58 Å². The topological polar surface area (TPSA) is 82.9 Å². The van der Waals surface area contributed by atoms with Gasteiger partial charge >= 0.3 is 0 Å². The summed E-state index contributed by atoms with van der Waals surface area (Å²) in [5.41, 5.74) is 2.49. The number of halogens is 2. The van der Waals surface area contributed by atoms with Crippen LogP contribution in [0.5, 0.6) is 0 Å². The average molecular weight is 677 g/mol. The summed E-state index contributed by atoms with van der Waals surface area (Å²) in [4.78, 5) is 15.3. The lowest BCUT2D eigenvalue weighted by Crippen LogP contribution is -2.34. The van der Waals surface area contributed by atoms with Gasteiger partial charge in [-0.3, -0.25) is 9.10 Å². The number of rotatable bonds is 11. The van der Waals surface area contributed by atoms with Gasteiger partial charge in [-0.1, -0.05) is 57.8 Å². The first-order chi connectivity index (χ1) is 18.6. The van der Waals surface area contributed by atoms with Gasteiger partial charge in [0.25, 0.3) is 15.9 Å². The summed E-state index contributed by atoms with van der Waals surface area (Å²) in [7, 11) is -3.91. The Morgan fingerprint density at radius 2 is 1.54 bits per heavy atom. The molecule has 1 N–H and O–H groups in total. The highest BCUT2D eigenvalue weighted by molar-refractivity contribution is 9.10. The van der Waals surface area contributed by atoms with E-state index in [2.05, 4.69) is 55.9 Å². The molecular formula is C29H31Br2N3O4S. The number of anilines is 1. The van der Waals surface area contributed by atoms with Gasteiger partial charge in [0.15, 0.2) is 5.76 Å². The van der Waals surface area contributed by atoms with Crippen molar-refractivity contribution >= 4 is 64.4 Å². The number of fused-ring (bicyclic) bond motifs is 1. The van der Waals surface area contributed by atoms with Crippen molar-refractivity contribution in [3.8, 4) is 0 Å². The predicted molar refractivity (Wildman–Crippen MR) is 163 cm³/mol. The highest BCUT2D eigenvalue weighted by atomic mass is 79.9. The van der Waals surface area contributed by atoms with Gasteiger partial charge in [-0.15, -0.1) is 0 Å². The minimum atomic E-state index is -3.91. The molecule has 10 heteroatoms. The molecule has 0 aliphatic heterocycles. The van der Waals surface area contributed by atoms with Gasteiger partial charge in [-0.2, -0.15) is 0 Å². The fourth-order valence-corrected chi connectivity index (χ4v) is 6.31. The molecule has 0 spiro atoms. The van der Waals surface area contributed by atoms with Crippen LogP contribution in [0.15, 0.2) is 85.0 Å². The van der Waals surface area contributed by atoms with Crippen LogP contribution in [0.1, 0.15) is 35.5 Å². The lowest BCUT2D eigenvalue weighted by molar-refractivity contribution is 0.0922. The molecule has 39 heavy (non-hydrogen) atoms. The molecular weight excluding hydrogens is 646 g/mol. The Morgan fingerprint density at radius 1 is 0.923 bits per heavy atom. The molecule has 1 heterocycles. The maximum absolute atomic E-state index is 13.9. The van der Waals surface area contributed by atoms with Gasteiger partial charge in [-0.25, -0.2) is 8.42 Å². The molecule has 0 radical (unpaired) electrons. The molecule has 3 aromatic carbocycles. The molecule has 0 atom stereocenters. The minimum absolute atomic E-state index is 0.132. The zero-order chi connectivity index (χ0) is 28.2. The second-order valence-corrected chi connectivity index (χ2v) is 12.8. The van der Waals surface area contributed by atoms with Crippen LogP contribution in [-0.2, 0) is 16.6 Å². The Bertz CT molecular complexity index is 1550. The number of carbonyl (C=O) groups excluding carboxylic acids is 1. The Hall–Kier alpha value is -2.66. The predicted octanol–water partition coefficient (Wildman–Crippen LogP) is 6.73. The average Bonchev–Trinajstić information content (AvgIpc) is 3.26. The van der Waals surface area contributed by atoms with Gasteiger partial charge < -0.3 is 14.6 Å². The molecule has 0 unspecified atom stereocenters. The smallest absolute Gasteiger partial charge is 0.287 e. The van der Waals surface area contributed by atoms with Crippen LogP contribution in [0, 0.1) is 6.92 Å². The number of benzene rings is 3. The first kappa shape index (κ1) is 29.3. The van der Waals surface area contributed by atoms with Crippen molar-refractivity contribution in [2.45, 2.75) is 32.2 Å². The number of likely N-dealkylation sites (N-methyl/N-ethyl adjacent to an activating group) is 1. The summed E-state index contributed by atoms with van der Waals surface area (Å²) >= 11 is 6.81. The third-order valence-electron chi connectivity index (χ3n) is 6.66. The van der Waals surface area contributed by atoms with E-state index in [0.29, 0.717) is 28.8 Å². The van der Waals surface area contributed by atoms with Crippen LogP contribution in [0.2, 0.25) is 0 Å². The first-order valence-electron chi connectivity index (χ1n) is 12.7. The molecule has 1 amide bonds. The summed E-state index contributed by atoms with van der Waals surface area (Å²) < 4.78 is 36.8. The number of carbonyl (C=O) groups is 1. The Morgan fingerprint density at radius 3 is 2.15 bits per heavy atom. The molecule has 4 aromatic rings. The van der Waals surface area contributed by atoms with Crippen molar-refractivity contribution < 1.29 is 17.6 Å². The Labute approximate surface area is 246 Å². The summed E-state index contributed by atoms with van der Waals surface area (Å²) in [6.45, 7) is 9.21. The van der Waals surface area contributed by atoms with E-state index in [1.165, 1.54) is 4.31 Å². The van der Waals surface area contributed by atoms with Crippen molar-refractivity contribution in [1.82, 2.24) is 10.2 Å². The first-order valence-corrected chi connectivity index (χ1v) is 15.7. The van der Waals surface area contributed by atoms with E-state index in [4.69, 9.17) is 4.42 Å². The largest absolute Gasteiger partial charge is 0.451 e. The molecule has 0 bridgehead atoms. The van der Waals surface area contributed by atoms with E-state index >= 15 is 0 Å². The standard InChI is InChI=1S/C29H31Br2N3O4S/c1-4-33(5-2)17-16-32-29(35)28-20(3)26-18-24(12-15-27(26)38-28)34(19-21-6-8-22(30)9-7-21)39(36,37)25-13-10-23(31)11-14-25/h6-15,18H,4-5,16-17,19H2,1-3H3,(H,32,35). The summed E-state index contributed by atoms with van der Waals surface area (Å²) in [6, 6.07) is 19.3. The number of nitrogens with zero attached hydrogens (tertiary/aromatic N) is 2. The number of nitrogens with one attached hydrogen (secondary N) is 1. The molecule has 0 aliphatic carbocycles. The molecule has 4 rings (SSSR count). The maximum Gasteiger partial charge on any atom is 0.287 e. The second kappa shape index (κ2) is 12.7. The molecule has 7 nitrogen and oxygen atoms in total. The van der Waals surface area contributed by atoms with Gasteiger partial charge in [-0.05, 0) is 80.2 Å². The molecule has 0 saturated heterocycles. The Kier molecular flexibility index (Phi) is 9.53. The van der Waals surface area contributed by atoms with Crippen LogP contribution in [0.4, 0.5) is 5.69 Å². The molecule has 1 aromatic heterocycles. The van der Waals surface area contributed by atoms with Crippen LogP contribution in [-0.4, -0.2) is 45.4 Å². The van der Waals surface area contributed by atoms with E-state index < -0.39 is 10.0 Å². The van der Waals surface area contributed by atoms with E-state index in [0.717, 1.165) is 34.1 Å². The molecule has 206 valence electrons. The van der Waals surface area contributed by atoms with Crippen molar-refractivity contribution in [3.63, 3.8) is 0 Å². The van der Waals surface area contributed by atoms with E-state index in [9.17, 15) is 13.2 Å². The second-order valence-electron chi connectivity index (χ2n) is 9.11. The van der Waals surface area contributed by atoms with E-state index in [-0.39, 0.29) is 23.1 Å². The van der Waals surface area contributed by atoms with Crippen molar-refractivity contribution in [2.24, 2.45) is 0 Å². The summed E-state index contributed by atoms with van der Waals surface area (Å²) in [5, 5.41) is 3.62. The number of aryl methyl sites for hydroxylation is 1. The fourth-order valence-electron chi connectivity index (χ4n) is 4.33. The van der Waals surface area contributed by atoms with Gasteiger partial charge in [0.05, 0.1) is 17.1 Å². The number of amides is 1. The van der Waals surface area contributed by atoms with E-state index in [1.807, 2.05) is 31.2 Å².